The van der Waals surface area contributed by atoms with E-state index in [-0.39, 0.29) is 52.4 Å². The van der Waals surface area contributed by atoms with Crippen LogP contribution in [0.2, 0.25) is 0 Å². The molecule has 0 saturated heterocycles. The minimum absolute atomic E-state index is 0. The van der Waals surface area contributed by atoms with Crippen LogP contribution in [0.1, 0.15) is 17.3 Å². The number of benzene rings is 1. The predicted octanol–water partition coefficient (Wildman–Crippen LogP) is -1.12. The summed E-state index contributed by atoms with van der Waals surface area (Å²) < 4.78 is 32.1. The molecule has 1 atom stereocenters. The fourth-order valence-corrected chi connectivity index (χ4v) is 2.54. The summed E-state index contributed by atoms with van der Waals surface area (Å²) in [6, 6.07) is 2.66. The van der Waals surface area contributed by atoms with E-state index in [1.165, 1.54) is 19.2 Å². The molecule has 1 aromatic rings. The minimum Gasteiger partial charge on any atom is -0.768 e. The quantitative estimate of drug-likeness (QED) is 0.393. The second kappa shape index (κ2) is 8.29. The van der Waals surface area contributed by atoms with Crippen molar-refractivity contribution in [2.75, 3.05) is 13.7 Å². The van der Waals surface area contributed by atoms with Crippen molar-refractivity contribution in [3.8, 4) is 5.75 Å². The third kappa shape index (κ3) is 4.32. The van der Waals surface area contributed by atoms with Gasteiger partial charge in [0.15, 0.2) is 0 Å². The van der Waals surface area contributed by atoms with Crippen molar-refractivity contribution in [2.45, 2.75) is 11.8 Å². The molecule has 0 aliphatic heterocycles. The van der Waals surface area contributed by atoms with Crippen LogP contribution in [0.5, 0.6) is 5.75 Å². The molecule has 0 heterocycles. The molecule has 0 radical (unpaired) electrons. The molecule has 0 fully saturated rings. The van der Waals surface area contributed by atoms with Crippen molar-refractivity contribution < 1.29 is 52.6 Å². The molecule has 18 heavy (non-hydrogen) atoms. The van der Waals surface area contributed by atoms with Crippen molar-refractivity contribution in [1.29, 1.82) is 0 Å². The van der Waals surface area contributed by atoms with Crippen molar-refractivity contribution in [3.63, 3.8) is 0 Å². The third-order valence-electron chi connectivity index (χ3n) is 1.90. The van der Waals surface area contributed by atoms with E-state index in [1.54, 1.807) is 6.92 Å². The summed E-state index contributed by atoms with van der Waals surface area (Å²) in [4.78, 5) is 11.4. The summed E-state index contributed by atoms with van der Waals surface area (Å²) in [5.41, 5.74) is 0.152. The van der Waals surface area contributed by atoms with Crippen molar-refractivity contribution in [2.24, 2.45) is 0 Å². The fourth-order valence-electron chi connectivity index (χ4n) is 1.22. The molecule has 1 rings (SSSR count). The van der Waals surface area contributed by atoms with E-state index in [2.05, 4.69) is 15.9 Å². The molecule has 0 aromatic heterocycles. The van der Waals surface area contributed by atoms with Gasteiger partial charge in [-0.05, 0) is 46.1 Å². The number of methoxy groups -OCH3 is 1. The fraction of sp³-hybridized carbons (Fsp3) is 0.300. The zero-order valence-electron chi connectivity index (χ0n) is 10.2. The predicted molar refractivity (Wildman–Crippen MR) is 63.8 cm³/mol. The molecule has 0 aliphatic carbocycles. The molecule has 1 aromatic carbocycles. The van der Waals surface area contributed by atoms with Gasteiger partial charge in [-0.3, -0.25) is 4.21 Å². The number of halogens is 1. The average Bonchev–Trinajstić information content (AvgIpc) is 2.28. The number of rotatable bonds is 4. The molecule has 8 heteroatoms. The Morgan fingerprint density at radius 1 is 1.50 bits per heavy atom. The molecule has 5 nitrogen and oxygen atoms in total. The van der Waals surface area contributed by atoms with Crippen LogP contribution in [-0.4, -0.2) is 28.4 Å². The number of hydrogen-bond donors (Lipinski definition) is 0. The summed E-state index contributed by atoms with van der Waals surface area (Å²) in [5, 5.41) is 0. The van der Waals surface area contributed by atoms with Crippen LogP contribution in [0.4, 0.5) is 0 Å². The van der Waals surface area contributed by atoms with Gasteiger partial charge in [-0.1, -0.05) is 0 Å². The first kappa shape index (κ1) is 18.1. The molecule has 1 unspecified atom stereocenters. The molecule has 0 N–H and O–H groups in total. The van der Waals surface area contributed by atoms with Crippen LogP contribution in [-0.2, 0) is 15.8 Å². The summed E-state index contributed by atoms with van der Waals surface area (Å²) in [6.07, 6.45) is 0. The first-order chi connectivity index (χ1) is 8.01. The van der Waals surface area contributed by atoms with Crippen LogP contribution >= 0.6 is 15.9 Å². The molecule has 0 spiro atoms. The van der Waals surface area contributed by atoms with E-state index in [9.17, 15) is 13.6 Å². The smallest absolute Gasteiger partial charge is 0.768 e. The summed E-state index contributed by atoms with van der Waals surface area (Å²) in [6.45, 7) is 1.89. The monoisotopic (exact) mass is 344 g/mol. The van der Waals surface area contributed by atoms with Crippen LogP contribution < -0.4 is 34.3 Å². The van der Waals surface area contributed by atoms with Gasteiger partial charge < -0.3 is 14.0 Å². The molecular formula is C10H10BrNaO5S. The summed E-state index contributed by atoms with van der Waals surface area (Å²) in [5.74, 6) is -0.422. The van der Waals surface area contributed by atoms with E-state index >= 15 is 0 Å². The Hall–Kier alpha value is 0.0800. The Kier molecular flexibility index (Phi) is 8.33. The number of ether oxygens (including phenoxy) is 2. The molecule has 0 amide bonds. The Balaban J connectivity index is 0.00000289. The zero-order valence-corrected chi connectivity index (χ0v) is 14.6. The number of hydrogen-bond acceptors (Lipinski definition) is 5. The summed E-state index contributed by atoms with van der Waals surface area (Å²) in [7, 11) is 1.35. The maximum atomic E-state index is 11.5. The molecule has 94 valence electrons. The van der Waals surface area contributed by atoms with Crippen LogP contribution in [0.15, 0.2) is 21.5 Å². The van der Waals surface area contributed by atoms with Gasteiger partial charge in [-0.25, -0.2) is 4.79 Å². The first-order valence-corrected chi connectivity index (χ1v) is 6.52. The Bertz CT molecular complexity index is 466. The SMILES string of the molecule is CCOC(=O)c1cc(Br)c(OC)c(S(=O)[O-])c1.[Na+]. The van der Waals surface area contributed by atoms with Crippen molar-refractivity contribution >= 4 is 33.0 Å². The average molecular weight is 345 g/mol. The van der Waals surface area contributed by atoms with Crippen LogP contribution in [0.3, 0.4) is 0 Å². The third-order valence-corrected chi connectivity index (χ3v) is 3.16. The van der Waals surface area contributed by atoms with Gasteiger partial charge in [0.1, 0.15) is 5.75 Å². The maximum Gasteiger partial charge on any atom is 1.00 e. The zero-order chi connectivity index (χ0) is 13.0. The minimum atomic E-state index is -2.49. The normalized spacial score (nSPS) is 11.3. The topological polar surface area (TPSA) is 75.7 Å². The van der Waals surface area contributed by atoms with E-state index in [4.69, 9.17) is 9.47 Å². The largest absolute Gasteiger partial charge is 1.00 e. The first-order valence-electron chi connectivity index (χ1n) is 4.65. The standard InChI is InChI=1S/C10H11BrO5S.Na/c1-3-16-10(12)6-4-7(11)9(15-2)8(5-6)17(13)14;/h4-5H,3H2,1-2H3,(H,13,14);/q;+1/p-1. The Morgan fingerprint density at radius 2 is 2.11 bits per heavy atom. The summed E-state index contributed by atoms with van der Waals surface area (Å²) >= 11 is 0.646. The molecule has 0 saturated carbocycles. The van der Waals surface area contributed by atoms with E-state index in [0.717, 1.165) is 0 Å². The van der Waals surface area contributed by atoms with Gasteiger partial charge >= 0.3 is 35.5 Å². The van der Waals surface area contributed by atoms with Crippen molar-refractivity contribution in [1.82, 2.24) is 0 Å². The maximum absolute atomic E-state index is 11.5. The molecule has 0 aliphatic rings. The van der Waals surface area contributed by atoms with Gasteiger partial charge in [0.05, 0.1) is 28.6 Å². The van der Waals surface area contributed by atoms with Gasteiger partial charge in [0.2, 0.25) is 0 Å². The van der Waals surface area contributed by atoms with Crippen molar-refractivity contribution in [3.05, 3.63) is 22.2 Å². The van der Waals surface area contributed by atoms with Gasteiger partial charge in [-0.2, -0.15) is 0 Å². The van der Waals surface area contributed by atoms with Crippen LogP contribution in [0.25, 0.3) is 0 Å². The van der Waals surface area contributed by atoms with E-state index in [0.29, 0.717) is 4.47 Å². The van der Waals surface area contributed by atoms with Gasteiger partial charge in [0.25, 0.3) is 0 Å². The van der Waals surface area contributed by atoms with E-state index < -0.39 is 17.0 Å². The Morgan fingerprint density at radius 3 is 2.56 bits per heavy atom. The second-order valence-electron chi connectivity index (χ2n) is 2.94. The van der Waals surface area contributed by atoms with E-state index in [1.807, 2.05) is 0 Å². The second-order valence-corrected chi connectivity index (χ2v) is 4.71. The van der Waals surface area contributed by atoms with Gasteiger partial charge in [0, 0.05) is 0 Å². The number of esters is 1. The number of carbonyl (C=O) groups is 1. The molecular weight excluding hydrogens is 335 g/mol. The Labute approximate surface area is 138 Å². The number of carbonyl (C=O) groups excluding carboxylic acids is 1. The van der Waals surface area contributed by atoms with Crippen LogP contribution in [0, 0.1) is 0 Å². The van der Waals surface area contributed by atoms with Gasteiger partial charge in [-0.15, -0.1) is 0 Å². The molecule has 0 bridgehead atoms.